The average molecular weight is 325 g/mol. The zero-order valence-corrected chi connectivity index (χ0v) is 14.2. The molecule has 1 atom stereocenters. The molecule has 0 aliphatic rings. The molecule has 0 bridgehead atoms. The molecule has 5 heteroatoms. The topological polar surface area (TPSA) is 71.1 Å². The number of carbonyl (C=O) groups excluding carboxylic acids is 2. The number of aromatic nitrogens is 1. The maximum atomic E-state index is 12.3. The van der Waals surface area contributed by atoms with Gasteiger partial charge in [-0.05, 0) is 17.7 Å². The van der Waals surface area contributed by atoms with Gasteiger partial charge in [0.25, 0.3) is 0 Å². The smallest absolute Gasteiger partial charge is 0.240 e. The van der Waals surface area contributed by atoms with Crippen LogP contribution in [0.1, 0.15) is 38.1 Å². The molecule has 1 aromatic carbocycles. The highest BCUT2D eigenvalue weighted by Gasteiger charge is 2.22. The van der Waals surface area contributed by atoms with Crippen molar-refractivity contribution in [1.29, 1.82) is 0 Å². The summed E-state index contributed by atoms with van der Waals surface area (Å²) in [6.45, 7) is 5.36. The molecule has 0 aliphatic heterocycles. The summed E-state index contributed by atoms with van der Waals surface area (Å²) in [7, 11) is 0. The third kappa shape index (κ3) is 4.91. The Kier molecular flexibility index (Phi) is 5.68. The zero-order chi connectivity index (χ0) is 17.6. The van der Waals surface area contributed by atoms with E-state index >= 15 is 0 Å². The van der Waals surface area contributed by atoms with Gasteiger partial charge in [-0.15, -0.1) is 0 Å². The van der Waals surface area contributed by atoms with Gasteiger partial charge in [-0.3, -0.25) is 14.6 Å². The molecule has 2 amide bonds. The molecular formula is C19H23N3O2. The predicted molar refractivity (Wildman–Crippen MR) is 93.1 cm³/mol. The van der Waals surface area contributed by atoms with Gasteiger partial charge in [-0.2, -0.15) is 0 Å². The van der Waals surface area contributed by atoms with Crippen molar-refractivity contribution in [3.63, 3.8) is 0 Å². The lowest BCUT2D eigenvalue weighted by Gasteiger charge is -2.21. The van der Waals surface area contributed by atoms with Gasteiger partial charge in [-0.1, -0.05) is 57.2 Å². The number of rotatable bonds is 5. The Bertz CT molecular complexity index is 639. The zero-order valence-electron chi connectivity index (χ0n) is 14.2. The van der Waals surface area contributed by atoms with Crippen LogP contribution in [0.4, 0.5) is 0 Å². The molecule has 0 spiro atoms. The lowest BCUT2D eigenvalue weighted by Crippen LogP contribution is -2.42. The Morgan fingerprint density at radius 2 is 1.71 bits per heavy atom. The minimum atomic E-state index is -0.528. The molecule has 0 saturated carbocycles. The van der Waals surface area contributed by atoms with Crippen LogP contribution < -0.4 is 10.6 Å². The quantitative estimate of drug-likeness (QED) is 0.887. The fourth-order valence-corrected chi connectivity index (χ4v) is 2.16. The van der Waals surface area contributed by atoms with Crippen LogP contribution in [0.2, 0.25) is 0 Å². The largest absolute Gasteiger partial charge is 0.347 e. The Balaban J connectivity index is 2.09. The summed E-state index contributed by atoms with van der Waals surface area (Å²) in [5.74, 6) is -0.418. The molecule has 2 N–H and O–H groups in total. The SMILES string of the molecule is CC(C)(C)C(=O)NCC(=O)NC(c1ccccc1)c1ccccn1. The van der Waals surface area contributed by atoms with Gasteiger partial charge in [-0.25, -0.2) is 0 Å². The second-order valence-corrected chi connectivity index (χ2v) is 6.60. The molecule has 5 nitrogen and oxygen atoms in total. The van der Waals surface area contributed by atoms with Crippen molar-refractivity contribution in [3.8, 4) is 0 Å². The molecule has 0 aliphatic carbocycles. The van der Waals surface area contributed by atoms with Crippen molar-refractivity contribution >= 4 is 11.8 Å². The third-order valence-corrected chi connectivity index (χ3v) is 3.51. The third-order valence-electron chi connectivity index (χ3n) is 3.51. The van der Waals surface area contributed by atoms with Gasteiger partial charge in [0, 0.05) is 11.6 Å². The van der Waals surface area contributed by atoms with Crippen LogP contribution in [0.25, 0.3) is 0 Å². The standard InChI is InChI=1S/C19H23N3O2/c1-19(2,3)18(24)21-13-16(23)22-17(14-9-5-4-6-10-14)15-11-7-8-12-20-15/h4-12,17H,13H2,1-3H3,(H,21,24)(H,22,23). The van der Waals surface area contributed by atoms with Crippen LogP contribution >= 0.6 is 0 Å². The number of amides is 2. The molecule has 1 unspecified atom stereocenters. The number of hydrogen-bond donors (Lipinski definition) is 2. The van der Waals surface area contributed by atoms with Crippen LogP contribution in [0.5, 0.6) is 0 Å². The van der Waals surface area contributed by atoms with E-state index in [1.54, 1.807) is 27.0 Å². The number of nitrogens with one attached hydrogen (secondary N) is 2. The summed E-state index contributed by atoms with van der Waals surface area (Å²) in [5.41, 5.74) is 1.16. The van der Waals surface area contributed by atoms with Gasteiger partial charge in [0.2, 0.25) is 11.8 Å². The van der Waals surface area contributed by atoms with Gasteiger partial charge in [0.1, 0.15) is 0 Å². The molecule has 126 valence electrons. The van der Waals surface area contributed by atoms with Crippen molar-refractivity contribution in [2.24, 2.45) is 5.41 Å². The molecule has 1 aromatic heterocycles. The van der Waals surface area contributed by atoms with Gasteiger partial charge >= 0.3 is 0 Å². The fourth-order valence-electron chi connectivity index (χ4n) is 2.16. The number of hydrogen-bond acceptors (Lipinski definition) is 3. The molecular weight excluding hydrogens is 302 g/mol. The first-order valence-electron chi connectivity index (χ1n) is 7.91. The van der Waals surface area contributed by atoms with E-state index in [-0.39, 0.29) is 24.4 Å². The van der Waals surface area contributed by atoms with Crippen LogP contribution in [-0.4, -0.2) is 23.3 Å². The van der Waals surface area contributed by atoms with Gasteiger partial charge in [0.15, 0.2) is 0 Å². The van der Waals surface area contributed by atoms with Crippen LogP contribution in [0.15, 0.2) is 54.7 Å². The molecule has 2 rings (SSSR count). The summed E-state index contributed by atoms with van der Waals surface area (Å²) in [6.07, 6.45) is 1.69. The van der Waals surface area contributed by atoms with E-state index in [4.69, 9.17) is 0 Å². The summed E-state index contributed by atoms with van der Waals surface area (Å²) >= 11 is 0. The number of nitrogens with zero attached hydrogens (tertiary/aromatic N) is 1. The highest BCUT2D eigenvalue weighted by Crippen LogP contribution is 2.19. The molecule has 2 aromatic rings. The minimum Gasteiger partial charge on any atom is -0.347 e. The predicted octanol–water partition coefficient (Wildman–Crippen LogP) is 2.45. The van der Waals surface area contributed by atoms with Crippen molar-refractivity contribution in [2.75, 3.05) is 6.54 Å². The van der Waals surface area contributed by atoms with Crippen molar-refractivity contribution < 1.29 is 9.59 Å². The number of carbonyl (C=O) groups is 2. The van der Waals surface area contributed by atoms with Crippen molar-refractivity contribution in [1.82, 2.24) is 15.6 Å². The van der Waals surface area contributed by atoms with E-state index in [9.17, 15) is 9.59 Å². The summed E-state index contributed by atoms with van der Waals surface area (Å²) in [4.78, 5) is 28.5. The monoisotopic (exact) mass is 325 g/mol. The van der Waals surface area contributed by atoms with Crippen molar-refractivity contribution in [2.45, 2.75) is 26.8 Å². The highest BCUT2D eigenvalue weighted by atomic mass is 16.2. The van der Waals surface area contributed by atoms with Crippen LogP contribution in [0.3, 0.4) is 0 Å². The Morgan fingerprint density at radius 1 is 1.04 bits per heavy atom. The van der Waals surface area contributed by atoms with E-state index in [1.807, 2.05) is 48.5 Å². The molecule has 1 heterocycles. The average Bonchev–Trinajstić information content (AvgIpc) is 2.58. The van der Waals surface area contributed by atoms with Crippen LogP contribution in [0, 0.1) is 5.41 Å². The summed E-state index contributed by atoms with van der Waals surface area (Å²) < 4.78 is 0. The Labute approximate surface area is 142 Å². The lowest BCUT2D eigenvalue weighted by molar-refractivity contribution is -0.131. The van der Waals surface area contributed by atoms with E-state index in [0.717, 1.165) is 11.3 Å². The summed E-state index contributed by atoms with van der Waals surface area (Å²) in [6, 6.07) is 14.9. The fraction of sp³-hybridized carbons (Fsp3) is 0.316. The number of pyridine rings is 1. The maximum Gasteiger partial charge on any atom is 0.240 e. The first-order chi connectivity index (χ1) is 11.4. The first kappa shape index (κ1) is 17.7. The highest BCUT2D eigenvalue weighted by molar-refractivity contribution is 5.87. The normalized spacial score (nSPS) is 12.3. The van der Waals surface area contributed by atoms with Crippen LogP contribution in [-0.2, 0) is 9.59 Å². The van der Waals surface area contributed by atoms with E-state index in [2.05, 4.69) is 15.6 Å². The van der Waals surface area contributed by atoms with Gasteiger partial charge < -0.3 is 10.6 Å². The Morgan fingerprint density at radius 3 is 2.29 bits per heavy atom. The van der Waals surface area contributed by atoms with E-state index < -0.39 is 5.41 Å². The molecule has 24 heavy (non-hydrogen) atoms. The maximum absolute atomic E-state index is 12.3. The molecule has 0 radical (unpaired) electrons. The second-order valence-electron chi connectivity index (χ2n) is 6.60. The Hall–Kier alpha value is -2.69. The first-order valence-corrected chi connectivity index (χ1v) is 7.91. The van der Waals surface area contributed by atoms with E-state index in [0.29, 0.717) is 0 Å². The number of benzene rings is 1. The van der Waals surface area contributed by atoms with E-state index in [1.165, 1.54) is 0 Å². The second kappa shape index (κ2) is 7.73. The molecule has 0 fully saturated rings. The summed E-state index contributed by atoms with van der Waals surface area (Å²) in [5, 5.41) is 5.60. The van der Waals surface area contributed by atoms with Crippen molar-refractivity contribution in [3.05, 3.63) is 66.0 Å². The van der Waals surface area contributed by atoms with Gasteiger partial charge in [0.05, 0.1) is 18.3 Å². The molecule has 0 saturated heterocycles. The lowest BCUT2D eigenvalue weighted by atomic mass is 9.96. The minimum absolute atomic E-state index is 0.0632.